The highest BCUT2D eigenvalue weighted by atomic mass is 16.4. The zero-order valence-electron chi connectivity index (χ0n) is 6.01. The minimum absolute atomic E-state index is 0.336. The lowest BCUT2D eigenvalue weighted by atomic mass is 10.3. The van der Waals surface area contributed by atoms with E-state index in [0.717, 1.165) is 11.5 Å². The van der Waals surface area contributed by atoms with Crippen LogP contribution in [-0.4, -0.2) is 4.98 Å². The lowest BCUT2D eigenvalue weighted by molar-refractivity contribution is 0.493. The highest BCUT2D eigenvalue weighted by molar-refractivity contribution is 5.11. The maximum atomic E-state index is 8.32. The fraction of sp³-hybridized carbons (Fsp3) is 0.429. The molecule has 0 aliphatic heterocycles. The molecule has 0 aliphatic carbocycles. The van der Waals surface area contributed by atoms with Gasteiger partial charge in [-0.05, 0) is 6.92 Å². The van der Waals surface area contributed by atoms with Gasteiger partial charge in [0, 0.05) is 6.92 Å². The van der Waals surface area contributed by atoms with Crippen molar-refractivity contribution in [3.05, 3.63) is 17.3 Å². The van der Waals surface area contributed by atoms with Crippen LogP contribution in [-0.2, 0) is 6.42 Å². The van der Waals surface area contributed by atoms with E-state index in [9.17, 15) is 0 Å². The molecule has 1 aromatic heterocycles. The molecule has 3 nitrogen and oxygen atoms in total. The maximum absolute atomic E-state index is 8.32. The van der Waals surface area contributed by atoms with Crippen molar-refractivity contribution in [1.29, 1.82) is 5.26 Å². The molecular weight excluding hydrogens is 128 g/mol. The lowest BCUT2D eigenvalue weighted by Crippen LogP contribution is -1.83. The van der Waals surface area contributed by atoms with Crippen molar-refractivity contribution >= 4 is 0 Å². The van der Waals surface area contributed by atoms with E-state index in [0.29, 0.717) is 12.3 Å². The number of nitriles is 1. The molecule has 0 bridgehead atoms. The van der Waals surface area contributed by atoms with E-state index in [4.69, 9.17) is 9.68 Å². The van der Waals surface area contributed by atoms with Gasteiger partial charge in [0.1, 0.15) is 5.76 Å². The Morgan fingerprint density at radius 3 is 2.70 bits per heavy atom. The van der Waals surface area contributed by atoms with Gasteiger partial charge in [0.25, 0.3) is 0 Å². The normalized spacial score (nSPS) is 9.30. The molecule has 0 atom stereocenters. The number of nitrogens with zero attached hydrogens (tertiary/aromatic N) is 2. The molecule has 0 saturated carbocycles. The van der Waals surface area contributed by atoms with Crippen LogP contribution in [0.3, 0.4) is 0 Å². The van der Waals surface area contributed by atoms with Gasteiger partial charge in [-0.1, -0.05) is 0 Å². The lowest BCUT2D eigenvalue weighted by Gasteiger charge is -1.82. The Morgan fingerprint density at radius 2 is 2.30 bits per heavy atom. The van der Waals surface area contributed by atoms with Gasteiger partial charge in [0.15, 0.2) is 5.89 Å². The minimum Gasteiger partial charge on any atom is -0.446 e. The van der Waals surface area contributed by atoms with E-state index in [-0.39, 0.29) is 0 Å². The second-order valence-corrected chi connectivity index (χ2v) is 2.07. The molecule has 3 heteroatoms. The molecule has 52 valence electrons. The van der Waals surface area contributed by atoms with Crippen molar-refractivity contribution in [3.63, 3.8) is 0 Å². The topological polar surface area (TPSA) is 49.8 Å². The molecule has 0 aliphatic rings. The minimum atomic E-state index is 0.336. The molecule has 1 aromatic rings. The van der Waals surface area contributed by atoms with E-state index >= 15 is 0 Å². The maximum Gasteiger partial charge on any atom is 0.191 e. The van der Waals surface area contributed by atoms with Crippen LogP contribution in [0.5, 0.6) is 0 Å². The molecule has 0 spiro atoms. The number of hydrogen-bond acceptors (Lipinski definition) is 3. The fourth-order valence-electron chi connectivity index (χ4n) is 0.811. The van der Waals surface area contributed by atoms with Crippen molar-refractivity contribution < 1.29 is 4.42 Å². The Bertz CT molecular complexity index is 270. The summed E-state index contributed by atoms with van der Waals surface area (Å²) in [4.78, 5) is 4.01. The highest BCUT2D eigenvalue weighted by Crippen LogP contribution is 2.08. The standard InChI is InChI=1S/C7H8N2O/c1-5-7(3-4-8)9-6(2)10-5/h3H2,1-2H3. The Labute approximate surface area is 59.3 Å². The van der Waals surface area contributed by atoms with Gasteiger partial charge in [-0.25, -0.2) is 4.98 Å². The number of oxazole rings is 1. The number of hydrogen-bond donors (Lipinski definition) is 0. The molecule has 0 N–H and O–H groups in total. The fourth-order valence-corrected chi connectivity index (χ4v) is 0.811. The first-order valence-corrected chi connectivity index (χ1v) is 3.04. The van der Waals surface area contributed by atoms with Gasteiger partial charge in [0.2, 0.25) is 0 Å². The summed E-state index contributed by atoms with van der Waals surface area (Å²) in [6, 6.07) is 2.02. The van der Waals surface area contributed by atoms with Crippen molar-refractivity contribution in [1.82, 2.24) is 4.98 Å². The van der Waals surface area contributed by atoms with Gasteiger partial charge in [-0.2, -0.15) is 5.26 Å². The third-order valence-corrected chi connectivity index (χ3v) is 1.25. The molecule has 0 fully saturated rings. The van der Waals surface area contributed by atoms with Crippen LogP contribution in [0, 0.1) is 25.2 Å². The molecule has 1 heterocycles. The molecule has 1 rings (SSSR count). The monoisotopic (exact) mass is 136 g/mol. The zero-order chi connectivity index (χ0) is 7.56. The second kappa shape index (κ2) is 2.53. The average Bonchev–Trinajstić information content (AvgIpc) is 2.13. The molecule has 0 saturated heterocycles. The van der Waals surface area contributed by atoms with Crippen molar-refractivity contribution in [2.75, 3.05) is 0 Å². The summed E-state index contributed by atoms with van der Waals surface area (Å²) in [5.74, 6) is 1.38. The van der Waals surface area contributed by atoms with E-state index in [1.54, 1.807) is 6.92 Å². The second-order valence-electron chi connectivity index (χ2n) is 2.07. The predicted octanol–water partition coefficient (Wildman–Crippen LogP) is 1.36. The number of aryl methyl sites for hydroxylation is 2. The number of aromatic nitrogens is 1. The van der Waals surface area contributed by atoms with Crippen LogP contribution < -0.4 is 0 Å². The first-order chi connectivity index (χ1) is 4.74. The van der Waals surface area contributed by atoms with E-state index in [2.05, 4.69) is 4.98 Å². The van der Waals surface area contributed by atoms with Gasteiger partial charge >= 0.3 is 0 Å². The Hall–Kier alpha value is -1.30. The van der Waals surface area contributed by atoms with E-state index in [1.807, 2.05) is 13.0 Å². The van der Waals surface area contributed by atoms with Crippen molar-refractivity contribution in [2.45, 2.75) is 20.3 Å². The van der Waals surface area contributed by atoms with Gasteiger partial charge in [-0.15, -0.1) is 0 Å². The molecular formula is C7H8N2O. The third kappa shape index (κ3) is 1.16. The molecule has 0 aromatic carbocycles. The average molecular weight is 136 g/mol. The quantitative estimate of drug-likeness (QED) is 0.585. The molecule has 0 amide bonds. The summed E-state index contributed by atoms with van der Waals surface area (Å²) >= 11 is 0. The van der Waals surface area contributed by atoms with Crippen LogP contribution in [0.25, 0.3) is 0 Å². The summed E-state index contributed by atoms with van der Waals surface area (Å²) in [6.45, 7) is 3.58. The zero-order valence-corrected chi connectivity index (χ0v) is 6.01. The SMILES string of the molecule is Cc1nc(CC#N)c(C)o1. The van der Waals surface area contributed by atoms with Crippen LogP contribution in [0.1, 0.15) is 17.3 Å². The first kappa shape index (κ1) is 6.81. The third-order valence-electron chi connectivity index (χ3n) is 1.25. The first-order valence-electron chi connectivity index (χ1n) is 3.04. The molecule has 0 unspecified atom stereocenters. The van der Waals surface area contributed by atoms with E-state index in [1.165, 1.54) is 0 Å². The summed E-state index contributed by atoms with van der Waals surface area (Å²) in [5.41, 5.74) is 0.750. The largest absolute Gasteiger partial charge is 0.446 e. The number of rotatable bonds is 1. The van der Waals surface area contributed by atoms with Gasteiger partial charge in [0.05, 0.1) is 18.2 Å². The summed E-state index contributed by atoms with van der Waals surface area (Å²) in [6.07, 6.45) is 0.336. The Balaban J connectivity index is 2.94. The summed E-state index contributed by atoms with van der Waals surface area (Å²) in [7, 11) is 0. The Morgan fingerprint density at radius 1 is 1.60 bits per heavy atom. The van der Waals surface area contributed by atoms with Crippen LogP contribution in [0.2, 0.25) is 0 Å². The van der Waals surface area contributed by atoms with Gasteiger partial charge in [-0.3, -0.25) is 0 Å². The van der Waals surface area contributed by atoms with E-state index < -0.39 is 0 Å². The molecule has 10 heavy (non-hydrogen) atoms. The summed E-state index contributed by atoms with van der Waals surface area (Å²) in [5, 5.41) is 8.32. The Kier molecular flexibility index (Phi) is 1.72. The summed E-state index contributed by atoms with van der Waals surface area (Å²) < 4.78 is 5.10. The van der Waals surface area contributed by atoms with Crippen molar-refractivity contribution in [2.24, 2.45) is 0 Å². The van der Waals surface area contributed by atoms with Crippen molar-refractivity contribution in [3.8, 4) is 6.07 Å². The molecule has 0 radical (unpaired) electrons. The highest BCUT2D eigenvalue weighted by Gasteiger charge is 2.03. The van der Waals surface area contributed by atoms with Gasteiger partial charge < -0.3 is 4.42 Å². The predicted molar refractivity (Wildman–Crippen MR) is 35.3 cm³/mol. The van der Waals surface area contributed by atoms with Crippen LogP contribution in [0.4, 0.5) is 0 Å². The van der Waals surface area contributed by atoms with Crippen LogP contribution >= 0.6 is 0 Å². The smallest absolute Gasteiger partial charge is 0.191 e. The van der Waals surface area contributed by atoms with Crippen LogP contribution in [0.15, 0.2) is 4.42 Å².